The third kappa shape index (κ3) is 6.26. The zero-order valence-electron chi connectivity index (χ0n) is 27.0. The molecule has 2 aromatic carbocycles. The molecule has 0 aliphatic carbocycles. The maximum Gasteiger partial charge on any atom is 0.490 e. The number of halogens is 3. The Bertz CT molecular complexity index is 1980. The van der Waals surface area contributed by atoms with Gasteiger partial charge in [-0.2, -0.15) is 23.1 Å². The van der Waals surface area contributed by atoms with Crippen LogP contribution < -0.4 is 10.2 Å². The molecule has 2 aliphatic rings. The Kier molecular flexibility index (Phi) is 8.62. The lowest BCUT2D eigenvalue weighted by atomic mass is 10.0. The Balaban J connectivity index is 1.27. The van der Waals surface area contributed by atoms with Gasteiger partial charge in [0.15, 0.2) is 41.2 Å². The summed E-state index contributed by atoms with van der Waals surface area (Å²) in [5.41, 5.74) is 2.15. The molecule has 7 rings (SSSR count). The van der Waals surface area contributed by atoms with Gasteiger partial charge in [-0.05, 0) is 43.3 Å². The van der Waals surface area contributed by atoms with E-state index in [9.17, 15) is 23.1 Å². The average molecular weight is 681 g/mol. The fourth-order valence-electron chi connectivity index (χ4n) is 6.39. The van der Waals surface area contributed by atoms with Crippen molar-refractivity contribution in [2.24, 2.45) is 0 Å². The van der Waals surface area contributed by atoms with E-state index in [1.807, 2.05) is 68.4 Å². The fraction of sp³-hybridized carbons (Fsp3) is 0.424. The summed E-state index contributed by atoms with van der Waals surface area (Å²) < 4.78 is 57.6. The van der Waals surface area contributed by atoms with Crippen molar-refractivity contribution < 1.29 is 37.1 Å². The van der Waals surface area contributed by atoms with E-state index in [-0.39, 0.29) is 17.4 Å². The molecule has 3 aromatic heterocycles. The van der Waals surface area contributed by atoms with Crippen LogP contribution in [-0.4, -0.2) is 92.3 Å². The number of likely N-dealkylation sites (N-methyl/N-ethyl adjacent to an activating group) is 1. The van der Waals surface area contributed by atoms with Crippen molar-refractivity contribution in [3.63, 3.8) is 0 Å². The molecule has 0 radical (unpaired) electrons. The SMILES string of the molecule is CCc1cc([C@H]2O[C@@H](n3cnc4c(NCc5cccc6ccccc56)nc(N5CC[C@@H](N(C)C)C5)nc43)[C@H](O)[C@@H]2OC(=O)C(F)(F)F)on1. The molecule has 2 saturated heterocycles. The van der Waals surface area contributed by atoms with Gasteiger partial charge >= 0.3 is 12.1 Å². The van der Waals surface area contributed by atoms with Crippen molar-refractivity contribution in [1.29, 1.82) is 0 Å². The van der Waals surface area contributed by atoms with Gasteiger partial charge in [0, 0.05) is 31.7 Å². The monoisotopic (exact) mass is 680 g/mol. The topological polar surface area (TPSA) is 144 Å². The van der Waals surface area contributed by atoms with Crippen molar-refractivity contribution in [2.45, 2.75) is 63.1 Å². The zero-order valence-corrected chi connectivity index (χ0v) is 27.0. The predicted octanol–water partition coefficient (Wildman–Crippen LogP) is 4.39. The number of alkyl halides is 3. The number of anilines is 2. The second-order valence-corrected chi connectivity index (χ2v) is 12.4. The van der Waals surface area contributed by atoms with Gasteiger partial charge < -0.3 is 34.2 Å². The summed E-state index contributed by atoms with van der Waals surface area (Å²) in [6, 6.07) is 15.8. The summed E-state index contributed by atoms with van der Waals surface area (Å²) in [5, 5.41) is 20.9. The zero-order chi connectivity index (χ0) is 34.4. The van der Waals surface area contributed by atoms with E-state index in [0.29, 0.717) is 49.0 Å². The highest BCUT2D eigenvalue weighted by atomic mass is 19.4. The lowest BCUT2D eigenvalue weighted by Crippen LogP contribution is -2.38. The number of carbonyl (C=O) groups is 1. The van der Waals surface area contributed by atoms with Gasteiger partial charge in [-0.3, -0.25) is 4.57 Å². The number of carbonyl (C=O) groups excluding carboxylic acids is 1. The van der Waals surface area contributed by atoms with Crippen molar-refractivity contribution >= 4 is 39.7 Å². The quantitative estimate of drug-likeness (QED) is 0.213. The van der Waals surface area contributed by atoms with Gasteiger partial charge in [0.05, 0.1) is 12.0 Å². The van der Waals surface area contributed by atoms with E-state index in [1.54, 1.807) is 0 Å². The molecule has 2 aliphatic heterocycles. The summed E-state index contributed by atoms with van der Waals surface area (Å²) in [7, 11) is 4.03. The highest BCUT2D eigenvalue weighted by Crippen LogP contribution is 2.43. The molecule has 5 aromatic rings. The van der Waals surface area contributed by atoms with Crippen LogP contribution in [0.1, 0.15) is 42.7 Å². The lowest BCUT2D eigenvalue weighted by Gasteiger charge is -2.22. The number of imidazole rings is 1. The van der Waals surface area contributed by atoms with Gasteiger partial charge in [-0.25, -0.2) is 9.78 Å². The molecular weight excluding hydrogens is 645 g/mol. The number of nitrogens with zero attached hydrogens (tertiary/aromatic N) is 7. The number of aromatic nitrogens is 5. The first-order chi connectivity index (χ1) is 23.5. The largest absolute Gasteiger partial charge is 0.490 e. The Morgan fingerprint density at radius 2 is 1.96 bits per heavy atom. The number of aliphatic hydroxyl groups is 1. The standard InChI is InChI=1S/C33H35F3N8O5/c1-4-20-14-23(49-41-20)26-27(48-31(46)33(34,35)36)25(45)30(47-26)44-17-38-24-28(37-15-19-10-7-9-18-8-5-6-11-22(18)19)39-32(40-29(24)44)43-13-12-21(16-43)42(2)3/h5-11,14,17,21,25-27,30,45H,4,12-13,15-16H2,1-3H3,(H,37,39,40)/t21-,25-,26-,27+,30-/m1/s1. The molecule has 5 atom stereocenters. The van der Waals surface area contributed by atoms with Crippen LogP contribution in [0.3, 0.4) is 0 Å². The number of ether oxygens (including phenoxy) is 2. The molecule has 0 bridgehead atoms. The van der Waals surface area contributed by atoms with Crippen molar-refractivity contribution in [1.82, 2.24) is 29.6 Å². The third-order valence-corrected chi connectivity index (χ3v) is 9.09. The van der Waals surface area contributed by atoms with Gasteiger partial charge in [0.2, 0.25) is 5.95 Å². The number of aryl methyl sites for hydroxylation is 1. The molecule has 16 heteroatoms. The average Bonchev–Trinajstić information content (AvgIpc) is 3.90. The van der Waals surface area contributed by atoms with Crippen LogP contribution in [-0.2, 0) is 27.2 Å². The highest BCUT2D eigenvalue weighted by Gasteiger charge is 2.53. The van der Waals surface area contributed by atoms with Crippen LogP contribution in [0.4, 0.5) is 24.9 Å². The van der Waals surface area contributed by atoms with E-state index in [1.165, 1.54) is 17.0 Å². The van der Waals surface area contributed by atoms with E-state index in [0.717, 1.165) is 22.8 Å². The van der Waals surface area contributed by atoms with Gasteiger partial charge in [0.25, 0.3) is 0 Å². The minimum Gasteiger partial charge on any atom is -0.449 e. The van der Waals surface area contributed by atoms with E-state index >= 15 is 0 Å². The van der Waals surface area contributed by atoms with E-state index in [4.69, 9.17) is 24.0 Å². The molecule has 2 fully saturated rings. The molecule has 13 nitrogen and oxygen atoms in total. The Labute approximate surface area is 278 Å². The summed E-state index contributed by atoms with van der Waals surface area (Å²) in [6.45, 7) is 3.58. The first-order valence-corrected chi connectivity index (χ1v) is 15.9. The Morgan fingerprint density at radius 3 is 2.69 bits per heavy atom. The first-order valence-electron chi connectivity index (χ1n) is 15.9. The molecular formula is C33H35F3N8O5. The van der Waals surface area contributed by atoms with Crippen LogP contribution in [0.25, 0.3) is 21.9 Å². The third-order valence-electron chi connectivity index (χ3n) is 9.09. The summed E-state index contributed by atoms with van der Waals surface area (Å²) >= 11 is 0. The van der Waals surface area contributed by atoms with Crippen LogP contribution in [0, 0.1) is 0 Å². The number of fused-ring (bicyclic) bond motifs is 2. The second-order valence-electron chi connectivity index (χ2n) is 12.4. The normalized spacial score (nSPS) is 22.9. The van der Waals surface area contributed by atoms with Crippen molar-refractivity contribution in [3.8, 4) is 0 Å². The number of rotatable bonds is 9. The fourth-order valence-corrected chi connectivity index (χ4v) is 6.39. The molecule has 0 spiro atoms. The number of hydrogen-bond donors (Lipinski definition) is 2. The van der Waals surface area contributed by atoms with Crippen LogP contribution in [0.15, 0.2) is 59.4 Å². The minimum absolute atomic E-state index is 0.00217. The predicted molar refractivity (Wildman–Crippen MR) is 172 cm³/mol. The molecule has 49 heavy (non-hydrogen) atoms. The second kappa shape index (κ2) is 12.9. The van der Waals surface area contributed by atoms with Crippen molar-refractivity contribution in [2.75, 3.05) is 37.4 Å². The number of benzene rings is 2. The molecule has 2 N–H and O–H groups in total. The van der Waals surface area contributed by atoms with Gasteiger partial charge in [-0.15, -0.1) is 0 Å². The van der Waals surface area contributed by atoms with Crippen LogP contribution in [0.2, 0.25) is 0 Å². The lowest BCUT2D eigenvalue weighted by molar-refractivity contribution is -0.210. The van der Waals surface area contributed by atoms with Crippen LogP contribution >= 0.6 is 0 Å². The molecule has 258 valence electrons. The summed E-state index contributed by atoms with van der Waals surface area (Å²) in [4.78, 5) is 30.4. The Hall–Kier alpha value is -4.80. The molecule has 5 heterocycles. The Morgan fingerprint density at radius 1 is 1.16 bits per heavy atom. The van der Waals surface area contributed by atoms with E-state index in [2.05, 4.69) is 20.4 Å². The first kappa shape index (κ1) is 32.7. The van der Waals surface area contributed by atoms with Gasteiger partial charge in [0.1, 0.15) is 6.10 Å². The molecule has 0 amide bonds. The maximum absolute atomic E-state index is 13.3. The maximum atomic E-state index is 13.3. The number of hydrogen-bond acceptors (Lipinski definition) is 12. The number of esters is 1. The van der Waals surface area contributed by atoms with Crippen molar-refractivity contribution in [3.05, 3.63) is 71.9 Å². The van der Waals surface area contributed by atoms with Crippen LogP contribution in [0.5, 0.6) is 0 Å². The molecule has 0 unspecified atom stereocenters. The summed E-state index contributed by atoms with van der Waals surface area (Å²) in [6.07, 6.45) is -8.87. The smallest absolute Gasteiger partial charge is 0.449 e. The van der Waals surface area contributed by atoms with E-state index < -0.39 is 36.7 Å². The summed E-state index contributed by atoms with van der Waals surface area (Å²) in [5.74, 6) is -1.63. The van der Waals surface area contributed by atoms with Gasteiger partial charge in [-0.1, -0.05) is 54.5 Å². The number of aliphatic hydroxyl groups excluding tert-OH is 1. The highest BCUT2D eigenvalue weighted by molar-refractivity contribution is 5.87. The number of nitrogens with one attached hydrogen (secondary N) is 1. The minimum atomic E-state index is -5.30. The molecule has 0 saturated carbocycles.